The number of aryl methyl sites for hydroxylation is 1. The van der Waals surface area contributed by atoms with Gasteiger partial charge in [-0.1, -0.05) is 18.2 Å². The van der Waals surface area contributed by atoms with Crippen molar-refractivity contribution in [3.8, 4) is 0 Å². The number of halogens is 1. The van der Waals surface area contributed by atoms with Crippen molar-refractivity contribution in [2.24, 2.45) is 0 Å². The van der Waals surface area contributed by atoms with Crippen molar-refractivity contribution in [2.75, 3.05) is 25.0 Å². The van der Waals surface area contributed by atoms with Gasteiger partial charge in [0, 0.05) is 50.2 Å². The zero-order valence-corrected chi connectivity index (χ0v) is 15.1. The van der Waals surface area contributed by atoms with E-state index in [4.69, 9.17) is 4.74 Å². The summed E-state index contributed by atoms with van der Waals surface area (Å²) in [6.45, 7) is 5.13. The van der Waals surface area contributed by atoms with Crippen molar-refractivity contribution in [3.63, 3.8) is 0 Å². The molecule has 1 aromatic heterocycles. The summed E-state index contributed by atoms with van der Waals surface area (Å²) in [6, 6.07) is 7.32. The minimum Gasteiger partial charge on any atom is -0.373 e. The average molecular weight is 356 g/mol. The molecule has 1 spiro atoms. The Kier molecular flexibility index (Phi) is 4.87. The van der Waals surface area contributed by atoms with Crippen molar-refractivity contribution in [1.29, 1.82) is 0 Å². The van der Waals surface area contributed by atoms with Gasteiger partial charge in [0.1, 0.15) is 5.82 Å². The van der Waals surface area contributed by atoms with Gasteiger partial charge in [-0.05, 0) is 37.8 Å². The van der Waals surface area contributed by atoms with Gasteiger partial charge in [0.05, 0.1) is 5.60 Å². The number of nitrogens with one attached hydrogen (secondary N) is 1. The molecule has 26 heavy (non-hydrogen) atoms. The second-order valence-electron chi connectivity index (χ2n) is 7.50. The summed E-state index contributed by atoms with van der Waals surface area (Å²) in [4.78, 5) is 11.0. The maximum absolute atomic E-state index is 13.9. The summed E-state index contributed by atoms with van der Waals surface area (Å²) < 4.78 is 20.1. The fraction of sp³-hybridized carbons (Fsp3) is 0.500. The quantitative estimate of drug-likeness (QED) is 0.912. The van der Waals surface area contributed by atoms with Crippen LogP contribution in [0.2, 0.25) is 0 Å². The molecule has 1 aromatic carbocycles. The fourth-order valence-electron chi connectivity index (χ4n) is 4.02. The van der Waals surface area contributed by atoms with Crippen LogP contribution in [0.15, 0.2) is 36.7 Å². The van der Waals surface area contributed by atoms with Crippen LogP contribution in [0.4, 0.5) is 10.3 Å². The van der Waals surface area contributed by atoms with Crippen LogP contribution < -0.4 is 5.32 Å². The van der Waals surface area contributed by atoms with E-state index in [1.54, 1.807) is 6.07 Å². The average Bonchev–Trinajstić information content (AvgIpc) is 3.01. The SMILES string of the molecule is Cc1cnc(N[C@H]2CCO[C@@]3(CCN(Cc4ccccc4F)C3)C2)nc1. The van der Waals surface area contributed by atoms with E-state index in [0.717, 1.165) is 50.1 Å². The Balaban J connectivity index is 1.38. The number of hydrogen-bond donors (Lipinski definition) is 1. The van der Waals surface area contributed by atoms with Crippen LogP contribution in [0.25, 0.3) is 0 Å². The highest BCUT2D eigenvalue weighted by Crippen LogP contribution is 2.35. The first-order valence-electron chi connectivity index (χ1n) is 9.27. The van der Waals surface area contributed by atoms with E-state index in [9.17, 15) is 4.39 Å². The zero-order valence-electron chi connectivity index (χ0n) is 15.1. The molecule has 138 valence electrons. The van der Waals surface area contributed by atoms with Gasteiger partial charge in [0.2, 0.25) is 5.95 Å². The van der Waals surface area contributed by atoms with Crippen LogP contribution in [0.5, 0.6) is 0 Å². The van der Waals surface area contributed by atoms with Crippen LogP contribution in [0, 0.1) is 12.7 Å². The second-order valence-corrected chi connectivity index (χ2v) is 7.50. The minimum absolute atomic E-state index is 0.130. The summed E-state index contributed by atoms with van der Waals surface area (Å²) >= 11 is 0. The molecule has 4 rings (SSSR count). The van der Waals surface area contributed by atoms with E-state index >= 15 is 0 Å². The standard InChI is InChI=1S/C20H25FN4O/c1-15-11-22-19(23-12-15)24-17-6-9-26-20(10-17)7-8-25(14-20)13-16-4-2-3-5-18(16)21/h2-5,11-12,17H,6-10,13-14H2,1H3,(H,22,23,24)/t17-,20-/m0/s1. The number of benzene rings is 1. The van der Waals surface area contributed by atoms with Gasteiger partial charge in [-0.15, -0.1) is 0 Å². The van der Waals surface area contributed by atoms with Crippen molar-refractivity contribution < 1.29 is 9.13 Å². The van der Waals surface area contributed by atoms with Crippen molar-refractivity contribution in [3.05, 3.63) is 53.6 Å². The summed E-state index contributed by atoms with van der Waals surface area (Å²) in [6.07, 6.45) is 6.52. The predicted octanol–water partition coefficient (Wildman–Crippen LogP) is 3.16. The lowest BCUT2D eigenvalue weighted by atomic mass is 9.89. The number of ether oxygens (including phenoxy) is 1. The first-order valence-corrected chi connectivity index (χ1v) is 9.27. The summed E-state index contributed by atoms with van der Waals surface area (Å²) in [5.74, 6) is 0.549. The molecule has 2 aliphatic heterocycles. The molecule has 0 unspecified atom stereocenters. The Morgan fingerprint density at radius 2 is 2.12 bits per heavy atom. The van der Waals surface area contributed by atoms with E-state index in [1.807, 2.05) is 31.5 Å². The summed E-state index contributed by atoms with van der Waals surface area (Å²) in [5.41, 5.74) is 1.66. The summed E-state index contributed by atoms with van der Waals surface area (Å²) in [7, 11) is 0. The Hall–Kier alpha value is -2.05. The van der Waals surface area contributed by atoms with Crippen LogP contribution in [-0.4, -0.2) is 46.2 Å². The Labute approximate surface area is 153 Å². The third-order valence-electron chi connectivity index (χ3n) is 5.35. The third kappa shape index (κ3) is 3.86. The van der Waals surface area contributed by atoms with E-state index < -0.39 is 0 Å². The van der Waals surface area contributed by atoms with E-state index in [-0.39, 0.29) is 11.4 Å². The number of anilines is 1. The molecule has 2 aromatic rings. The topological polar surface area (TPSA) is 50.3 Å². The molecule has 0 saturated carbocycles. The van der Waals surface area contributed by atoms with Gasteiger partial charge in [0.15, 0.2) is 0 Å². The molecular weight excluding hydrogens is 331 g/mol. The monoisotopic (exact) mass is 356 g/mol. The fourth-order valence-corrected chi connectivity index (χ4v) is 4.02. The van der Waals surface area contributed by atoms with Gasteiger partial charge >= 0.3 is 0 Å². The number of rotatable bonds is 4. The summed E-state index contributed by atoms with van der Waals surface area (Å²) in [5, 5.41) is 3.45. The largest absolute Gasteiger partial charge is 0.373 e. The molecule has 1 N–H and O–H groups in total. The van der Waals surface area contributed by atoms with Crippen LogP contribution >= 0.6 is 0 Å². The van der Waals surface area contributed by atoms with Crippen LogP contribution in [-0.2, 0) is 11.3 Å². The normalized spacial score (nSPS) is 26.3. The Morgan fingerprint density at radius 3 is 2.92 bits per heavy atom. The molecule has 2 atom stereocenters. The highest BCUT2D eigenvalue weighted by molar-refractivity contribution is 5.27. The van der Waals surface area contributed by atoms with Gasteiger partial charge < -0.3 is 10.1 Å². The molecule has 0 aliphatic carbocycles. The molecule has 6 heteroatoms. The minimum atomic E-state index is -0.147. The highest BCUT2D eigenvalue weighted by Gasteiger charge is 2.43. The van der Waals surface area contributed by atoms with E-state index in [0.29, 0.717) is 18.5 Å². The molecule has 2 fully saturated rings. The van der Waals surface area contributed by atoms with Crippen LogP contribution in [0.1, 0.15) is 30.4 Å². The molecule has 0 radical (unpaired) electrons. The molecule has 2 aliphatic rings. The van der Waals surface area contributed by atoms with Gasteiger partial charge in [-0.2, -0.15) is 0 Å². The molecular formula is C20H25FN4O. The van der Waals surface area contributed by atoms with E-state index in [2.05, 4.69) is 20.2 Å². The molecule has 5 nitrogen and oxygen atoms in total. The van der Waals surface area contributed by atoms with Crippen molar-refractivity contribution in [2.45, 2.75) is 44.4 Å². The lowest BCUT2D eigenvalue weighted by molar-refractivity contribution is -0.0737. The van der Waals surface area contributed by atoms with Crippen LogP contribution in [0.3, 0.4) is 0 Å². The zero-order chi connectivity index (χ0) is 18.0. The highest BCUT2D eigenvalue weighted by atomic mass is 19.1. The number of aromatic nitrogens is 2. The van der Waals surface area contributed by atoms with Gasteiger partial charge in [0.25, 0.3) is 0 Å². The van der Waals surface area contributed by atoms with Crippen molar-refractivity contribution in [1.82, 2.24) is 14.9 Å². The Morgan fingerprint density at radius 1 is 1.31 bits per heavy atom. The lowest BCUT2D eigenvalue weighted by Gasteiger charge is -2.38. The lowest BCUT2D eigenvalue weighted by Crippen LogP contribution is -2.46. The Bertz CT molecular complexity index is 754. The second kappa shape index (κ2) is 7.29. The maximum atomic E-state index is 13.9. The first-order chi connectivity index (χ1) is 12.6. The number of likely N-dealkylation sites (tertiary alicyclic amines) is 1. The number of nitrogens with zero attached hydrogens (tertiary/aromatic N) is 3. The maximum Gasteiger partial charge on any atom is 0.222 e. The first kappa shape index (κ1) is 17.4. The predicted molar refractivity (Wildman–Crippen MR) is 98.4 cm³/mol. The number of hydrogen-bond acceptors (Lipinski definition) is 5. The van der Waals surface area contributed by atoms with E-state index in [1.165, 1.54) is 6.07 Å². The molecule has 2 saturated heterocycles. The van der Waals surface area contributed by atoms with Crippen molar-refractivity contribution >= 4 is 5.95 Å². The third-order valence-corrected chi connectivity index (χ3v) is 5.35. The van der Waals surface area contributed by atoms with Gasteiger partial charge in [-0.3, -0.25) is 4.90 Å². The van der Waals surface area contributed by atoms with Gasteiger partial charge in [-0.25, -0.2) is 14.4 Å². The smallest absolute Gasteiger partial charge is 0.222 e. The molecule has 0 bridgehead atoms. The molecule has 3 heterocycles. The molecule has 0 amide bonds.